The average molecular weight is 553 g/mol. The molecule has 0 aromatic rings. The van der Waals surface area contributed by atoms with E-state index in [9.17, 15) is 0 Å². The van der Waals surface area contributed by atoms with E-state index >= 15 is 0 Å². The first kappa shape index (κ1) is 40.6. The minimum Gasteiger partial charge on any atom is -0.381 e. The number of hydrogen-bond donors (Lipinski definition) is 0. The standard InChI is InChI=1S/C36H74O.Al.3H/c1-3-5-7-9-11-13-15-17-19-21-23-25-27-29-31-33-35-37-36-34-32-30-28-26-24-22-20-18-16-14-12-10-8-6-4-2;;;;/h3-36H2,1-2H3;;;;. The van der Waals surface area contributed by atoms with Gasteiger partial charge in [-0.3, -0.25) is 0 Å². The SMILES string of the molecule is CCCCCCCCCCCCCCCCCCOCCCCCCCCCCCCCCCCCC.[AlH3]. The second-order valence-electron chi connectivity index (χ2n) is 12.2. The normalized spacial score (nSPS) is 11.2. The fourth-order valence-electron chi connectivity index (χ4n) is 5.61. The van der Waals surface area contributed by atoms with E-state index in [0.29, 0.717) is 0 Å². The monoisotopic (exact) mass is 553 g/mol. The van der Waals surface area contributed by atoms with Gasteiger partial charge >= 0.3 is 0 Å². The van der Waals surface area contributed by atoms with Crippen molar-refractivity contribution in [3.63, 3.8) is 0 Å². The molecule has 0 spiro atoms. The van der Waals surface area contributed by atoms with E-state index in [-0.39, 0.29) is 17.4 Å². The molecule has 0 bridgehead atoms. The molecule has 2 heteroatoms. The van der Waals surface area contributed by atoms with Crippen LogP contribution < -0.4 is 0 Å². The van der Waals surface area contributed by atoms with Crippen LogP contribution in [0.5, 0.6) is 0 Å². The van der Waals surface area contributed by atoms with E-state index < -0.39 is 0 Å². The van der Waals surface area contributed by atoms with Gasteiger partial charge < -0.3 is 4.74 Å². The van der Waals surface area contributed by atoms with Crippen LogP contribution in [-0.2, 0) is 4.74 Å². The van der Waals surface area contributed by atoms with Crippen LogP contribution in [0.2, 0.25) is 0 Å². The van der Waals surface area contributed by atoms with Crippen molar-refractivity contribution in [1.82, 2.24) is 0 Å². The average Bonchev–Trinajstić information content (AvgIpc) is 2.91. The summed E-state index contributed by atoms with van der Waals surface area (Å²) in [4.78, 5) is 0. The Hall–Kier alpha value is 0.492. The molecule has 0 saturated carbocycles. The van der Waals surface area contributed by atoms with Gasteiger partial charge in [-0.2, -0.15) is 0 Å². The van der Waals surface area contributed by atoms with Gasteiger partial charge in [0.1, 0.15) is 0 Å². The maximum atomic E-state index is 5.87. The molecule has 0 aliphatic carbocycles. The van der Waals surface area contributed by atoms with Gasteiger partial charge in [-0.1, -0.05) is 206 Å². The minimum absolute atomic E-state index is 0. The van der Waals surface area contributed by atoms with Gasteiger partial charge in [0, 0.05) is 13.2 Å². The molecule has 38 heavy (non-hydrogen) atoms. The third-order valence-electron chi connectivity index (χ3n) is 8.28. The third-order valence-corrected chi connectivity index (χ3v) is 8.28. The Labute approximate surface area is 253 Å². The molecule has 0 heterocycles. The number of hydrogen-bond acceptors (Lipinski definition) is 1. The van der Waals surface area contributed by atoms with Crippen LogP contribution in [0.1, 0.15) is 219 Å². The fourth-order valence-corrected chi connectivity index (χ4v) is 5.61. The molecule has 0 aliphatic heterocycles. The Balaban J connectivity index is 0. The summed E-state index contributed by atoms with van der Waals surface area (Å²) >= 11 is 0. The molecular weight excluding hydrogens is 475 g/mol. The molecule has 0 aromatic carbocycles. The van der Waals surface area contributed by atoms with Crippen molar-refractivity contribution in [3.8, 4) is 0 Å². The lowest BCUT2D eigenvalue weighted by molar-refractivity contribution is 0.125. The minimum atomic E-state index is 0. The van der Waals surface area contributed by atoms with Crippen molar-refractivity contribution in [1.29, 1.82) is 0 Å². The van der Waals surface area contributed by atoms with Crippen LogP contribution in [0.25, 0.3) is 0 Å². The van der Waals surface area contributed by atoms with Crippen LogP contribution in [0.3, 0.4) is 0 Å². The van der Waals surface area contributed by atoms with E-state index in [2.05, 4.69) is 13.8 Å². The topological polar surface area (TPSA) is 9.23 Å². The molecule has 0 aromatic heterocycles. The fraction of sp³-hybridized carbons (Fsp3) is 1.00. The van der Waals surface area contributed by atoms with E-state index in [1.54, 1.807) is 0 Å². The Bertz CT molecular complexity index is 338. The first-order valence-corrected chi connectivity index (χ1v) is 18.0. The van der Waals surface area contributed by atoms with Crippen LogP contribution >= 0.6 is 0 Å². The van der Waals surface area contributed by atoms with Gasteiger partial charge in [0.25, 0.3) is 0 Å². The van der Waals surface area contributed by atoms with Crippen molar-refractivity contribution in [3.05, 3.63) is 0 Å². The van der Waals surface area contributed by atoms with Crippen molar-refractivity contribution >= 4 is 17.4 Å². The van der Waals surface area contributed by atoms with E-state index in [1.165, 1.54) is 205 Å². The zero-order valence-corrected chi connectivity index (χ0v) is 26.4. The van der Waals surface area contributed by atoms with E-state index in [1.807, 2.05) is 0 Å². The lowest BCUT2D eigenvalue weighted by Crippen LogP contribution is -1.97. The molecule has 0 radical (unpaired) electrons. The quantitative estimate of drug-likeness (QED) is 0.0569. The van der Waals surface area contributed by atoms with Gasteiger partial charge in [0.05, 0.1) is 0 Å². The molecule has 0 rings (SSSR count). The first-order valence-electron chi connectivity index (χ1n) is 18.0. The molecule has 0 fully saturated rings. The molecule has 0 amide bonds. The summed E-state index contributed by atoms with van der Waals surface area (Å²) in [5.41, 5.74) is 0. The molecule has 0 unspecified atom stereocenters. The van der Waals surface area contributed by atoms with Gasteiger partial charge in [-0.25, -0.2) is 0 Å². The largest absolute Gasteiger partial charge is 0.381 e. The highest BCUT2D eigenvalue weighted by Gasteiger charge is 1.97. The Kier molecular flexibility index (Phi) is 42.4. The summed E-state index contributed by atoms with van der Waals surface area (Å²) in [6.45, 7) is 6.60. The highest BCUT2D eigenvalue weighted by atomic mass is 27.0. The second kappa shape index (κ2) is 39.6. The number of rotatable bonds is 34. The lowest BCUT2D eigenvalue weighted by atomic mass is 10.0. The maximum absolute atomic E-state index is 5.87. The highest BCUT2D eigenvalue weighted by Crippen LogP contribution is 2.15. The molecule has 0 atom stereocenters. The van der Waals surface area contributed by atoms with Crippen LogP contribution in [0, 0.1) is 0 Å². The Morgan fingerprint density at radius 1 is 0.237 bits per heavy atom. The molecular formula is C36H77AlO. The molecule has 230 valence electrons. The van der Waals surface area contributed by atoms with Gasteiger partial charge in [0.2, 0.25) is 0 Å². The van der Waals surface area contributed by atoms with Gasteiger partial charge in [0.15, 0.2) is 17.4 Å². The van der Waals surface area contributed by atoms with Crippen molar-refractivity contribution < 1.29 is 4.74 Å². The van der Waals surface area contributed by atoms with Crippen molar-refractivity contribution in [2.75, 3.05) is 13.2 Å². The predicted octanol–water partition coefficient (Wildman–Crippen LogP) is 12.3. The lowest BCUT2D eigenvalue weighted by Gasteiger charge is -2.06. The van der Waals surface area contributed by atoms with Crippen LogP contribution in [0.4, 0.5) is 0 Å². The third kappa shape index (κ3) is 38.6. The van der Waals surface area contributed by atoms with Gasteiger partial charge in [-0.15, -0.1) is 0 Å². The van der Waals surface area contributed by atoms with Crippen LogP contribution in [-0.4, -0.2) is 30.6 Å². The summed E-state index contributed by atoms with van der Waals surface area (Å²) in [6, 6.07) is 0. The second-order valence-corrected chi connectivity index (χ2v) is 12.2. The summed E-state index contributed by atoms with van der Waals surface area (Å²) in [6.07, 6.45) is 46.0. The van der Waals surface area contributed by atoms with Gasteiger partial charge in [-0.05, 0) is 12.8 Å². The maximum Gasteiger partial charge on any atom is 0.187 e. The highest BCUT2D eigenvalue weighted by molar-refractivity contribution is 5.75. The number of ether oxygens (including phenoxy) is 1. The zero-order valence-electron chi connectivity index (χ0n) is 26.4. The molecule has 0 N–H and O–H groups in total. The Morgan fingerprint density at radius 3 is 0.579 bits per heavy atom. The first-order chi connectivity index (χ1) is 18.4. The summed E-state index contributed by atoms with van der Waals surface area (Å²) in [5.74, 6) is 0. The molecule has 0 saturated heterocycles. The molecule has 0 aliphatic rings. The smallest absolute Gasteiger partial charge is 0.187 e. The van der Waals surface area contributed by atoms with Crippen LogP contribution in [0.15, 0.2) is 0 Å². The predicted molar refractivity (Wildman–Crippen MR) is 180 cm³/mol. The van der Waals surface area contributed by atoms with E-state index in [0.717, 1.165) is 13.2 Å². The van der Waals surface area contributed by atoms with Crippen molar-refractivity contribution in [2.24, 2.45) is 0 Å². The summed E-state index contributed by atoms with van der Waals surface area (Å²) in [5, 5.41) is 0. The van der Waals surface area contributed by atoms with E-state index in [4.69, 9.17) is 4.74 Å². The Morgan fingerprint density at radius 2 is 0.395 bits per heavy atom. The molecule has 1 nitrogen and oxygen atoms in total. The van der Waals surface area contributed by atoms with Crippen molar-refractivity contribution in [2.45, 2.75) is 219 Å². The number of unbranched alkanes of at least 4 members (excludes halogenated alkanes) is 30. The summed E-state index contributed by atoms with van der Waals surface area (Å²) < 4.78 is 5.87. The zero-order chi connectivity index (χ0) is 26.7. The summed E-state index contributed by atoms with van der Waals surface area (Å²) in [7, 11) is 0.